The van der Waals surface area contributed by atoms with Gasteiger partial charge in [-0.05, 0) is 34.1 Å². The first kappa shape index (κ1) is 11.7. The summed E-state index contributed by atoms with van der Waals surface area (Å²) in [4.78, 5) is 3.88. The molecule has 0 aliphatic carbocycles. The van der Waals surface area contributed by atoms with Gasteiger partial charge in [0.1, 0.15) is 11.6 Å². The second-order valence-electron chi connectivity index (χ2n) is 4.07. The fourth-order valence-electron chi connectivity index (χ4n) is 2.18. The topological polar surface area (TPSA) is 30.7 Å². The van der Waals surface area contributed by atoms with Crippen molar-refractivity contribution < 1.29 is 13.2 Å². The molecule has 1 aliphatic heterocycles. The van der Waals surface area contributed by atoms with Gasteiger partial charge in [-0.25, -0.2) is 22.8 Å². The van der Waals surface area contributed by atoms with E-state index >= 15 is 0 Å². The third kappa shape index (κ3) is 1.73. The lowest BCUT2D eigenvalue weighted by Gasteiger charge is -2.12. The van der Waals surface area contributed by atoms with Crippen LogP contribution in [0.15, 0.2) is 22.9 Å². The highest BCUT2D eigenvalue weighted by Gasteiger charge is 2.36. The van der Waals surface area contributed by atoms with Crippen LogP contribution in [0.5, 0.6) is 0 Å². The SMILES string of the molecule is Fc1ccc(F)c(C2CC(F)c3nc(Br)nn32)c1. The Morgan fingerprint density at radius 3 is 2.89 bits per heavy atom. The maximum absolute atomic E-state index is 13.7. The van der Waals surface area contributed by atoms with E-state index < -0.39 is 23.8 Å². The van der Waals surface area contributed by atoms with Gasteiger partial charge in [0.25, 0.3) is 0 Å². The summed E-state index contributed by atoms with van der Waals surface area (Å²) in [6.07, 6.45) is -1.31. The van der Waals surface area contributed by atoms with Gasteiger partial charge < -0.3 is 0 Å². The van der Waals surface area contributed by atoms with E-state index in [1.807, 2.05) is 0 Å². The minimum atomic E-state index is -1.32. The standard InChI is InChI=1S/C11H7BrF3N3/c12-11-16-10-8(15)4-9(18(10)17-11)6-3-5(13)1-2-7(6)14/h1-3,8-9H,4H2. The monoisotopic (exact) mass is 317 g/mol. The molecule has 0 amide bonds. The summed E-state index contributed by atoms with van der Waals surface area (Å²) >= 11 is 3.04. The maximum Gasteiger partial charge on any atom is 0.217 e. The van der Waals surface area contributed by atoms with Gasteiger partial charge in [0.2, 0.25) is 4.73 Å². The number of rotatable bonds is 1. The molecule has 2 aromatic rings. The molecule has 3 rings (SSSR count). The first-order chi connectivity index (χ1) is 8.56. The number of halogens is 4. The molecule has 1 aromatic heterocycles. The average molecular weight is 318 g/mol. The Morgan fingerprint density at radius 2 is 2.11 bits per heavy atom. The van der Waals surface area contributed by atoms with Crippen LogP contribution in [-0.2, 0) is 0 Å². The minimum absolute atomic E-state index is 0.0169. The molecule has 0 spiro atoms. The average Bonchev–Trinajstić information content (AvgIpc) is 2.82. The maximum atomic E-state index is 13.7. The largest absolute Gasteiger partial charge is 0.239 e. The molecule has 3 nitrogen and oxygen atoms in total. The second kappa shape index (κ2) is 4.08. The quantitative estimate of drug-likeness (QED) is 0.807. The van der Waals surface area contributed by atoms with Crippen molar-refractivity contribution in [3.05, 3.63) is 46.0 Å². The Morgan fingerprint density at radius 1 is 1.33 bits per heavy atom. The van der Waals surface area contributed by atoms with Crippen LogP contribution in [0, 0.1) is 11.6 Å². The van der Waals surface area contributed by atoms with E-state index in [0.29, 0.717) is 0 Å². The summed E-state index contributed by atoms with van der Waals surface area (Å²) < 4.78 is 42.1. The molecule has 1 aliphatic rings. The van der Waals surface area contributed by atoms with Crippen LogP contribution in [0.4, 0.5) is 13.2 Å². The van der Waals surface area contributed by atoms with E-state index in [0.717, 1.165) is 18.2 Å². The van der Waals surface area contributed by atoms with Gasteiger partial charge in [0.05, 0.1) is 6.04 Å². The third-order valence-electron chi connectivity index (χ3n) is 2.95. The molecule has 0 fully saturated rings. The van der Waals surface area contributed by atoms with Gasteiger partial charge in [-0.15, -0.1) is 5.10 Å². The Hall–Kier alpha value is -1.37. The molecule has 0 radical (unpaired) electrons. The van der Waals surface area contributed by atoms with E-state index in [-0.39, 0.29) is 22.5 Å². The van der Waals surface area contributed by atoms with Crippen molar-refractivity contribution in [3.8, 4) is 0 Å². The molecule has 0 saturated carbocycles. The van der Waals surface area contributed by atoms with Gasteiger partial charge in [-0.2, -0.15) is 0 Å². The highest BCUT2D eigenvalue weighted by Crippen LogP contribution is 2.40. The Bertz CT molecular complexity index is 614. The zero-order valence-corrected chi connectivity index (χ0v) is 10.5. The molecule has 0 saturated heterocycles. The number of alkyl halides is 1. The second-order valence-corrected chi connectivity index (χ2v) is 4.78. The van der Waals surface area contributed by atoms with Crippen LogP contribution in [0.2, 0.25) is 0 Å². The van der Waals surface area contributed by atoms with E-state index in [4.69, 9.17) is 0 Å². The lowest BCUT2D eigenvalue weighted by molar-refractivity contribution is 0.326. The number of hydrogen-bond donors (Lipinski definition) is 0. The molecule has 1 aromatic carbocycles. The summed E-state index contributed by atoms with van der Waals surface area (Å²) in [6.45, 7) is 0. The van der Waals surface area contributed by atoms with Crippen molar-refractivity contribution in [2.45, 2.75) is 18.6 Å². The van der Waals surface area contributed by atoms with E-state index in [1.165, 1.54) is 4.68 Å². The highest BCUT2D eigenvalue weighted by atomic mass is 79.9. The molecule has 0 bridgehead atoms. The van der Waals surface area contributed by atoms with Crippen LogP contribution in [0.3, 0.4) is 0 Å². The first-order valence-electron chi connectivity index (χ1n) is 5.27. The van der Waals surface area contributed by atoms with Gasteiger partial charge >= 0.3 is 0 Å². The fraction of sp³-hybridized carbons (Fsp3) is 0.273. The van der Waals surface area contributed by atoms with E-state index in [1.54, 1.807) is 0 Å². The van der Waals surface area contributed by atoms with Gasteiger partial charge in [0.15, 0.2) is 12.0 Å². The smallest absolute Gasteiger partial charge is 0.217 e. The molecule has 2 unspecified atom stereocenters. The van der Waals surface area contributed by atoms with Crippen LogP contribution in [0.25, 0.3) is 0 Å². The number of fused-ring (bicyclic) bond motifs is 1. The summed E-state index contributed by atoms with van der Waals surface area (Å²) in [5.41, 5.74) is 0.0915. The highest BCUT2D eigenvalue weighted by molar-refractivity contribution is 9.10. The lowest BCUT2D eigenvalue weighted by atomic mass is 10.0. The molecule has 94 valence electrons. The van der Waals surface area contributed by atoms with Crippen molar-refractivity contribution in [3.63, 3.8) is 0 Å². The predicted molar refractivity (Wildman–Crippen MR) is 60.7 cm³/mol. The molecule has 2 heterocycles. The van der Waals surface area contributed by atoms with E-state index in [2.05, 4.69) is 26.0 Å². The summed E-state index contributed by atoms with van der Waals surface area (Å²) in [6, 6.07) is 2.46. The zero-order valence-electron chi connectivity index (χ0n) is 8.95. The fourth-order valence-corrected chi connectivity index (χ4v) is 2.53. The van der Waals surface area contributed by atoms with Crippen molar-refractivity contribution >= 4 is 15.9 Å². The van der Waals surface area contributed by atoms with Crippen LogP contribution < -0.4 is 0 Å². The molecule has 7 heteroatoms. The lowest BCUT2D eigenvalue weighted by Crippen LogP contribution is -2.09. The van der Waals surface area contributed by atoms with Crippen LogP contribution in [-0.4, -0.2) is 14.8 Å². The Kier molecular flexibility index (Phi) is 2.65. The van der Waals surface area contributed by atoms with E-state index in [9.17, 15) is 13.2 Å². The zero-order chi connectivity index (χ0) is 12.9. The first-order valence-corrected chi connectivity index (χ1v) is 6.06. The number of hydrogen-bond acceptors (Lipinski definition) is 2. The third-order valence-corrected chi connectivity index (χ3v) is 3.29. The molecule has 2 atom stereocenters. The predicted octanol–water partition coefficient (Wildman–Crippen LogP) is 3.32. The van der Waals surface area contributed by atoms with Gasteiger partial charge in [-0.1, -0.05) is 0 Å². The molecular formula is C11H7BrF3N3. The van der Waals surface area contributed by atoms with Gasteiger partial charge in [0, 0.05) is 12.0 Å². The van der Waals surface area contributed by atoms with Crippen molar-refractivity contribution in [2.24, 2.45) is 0 Å². The Balaban J connectivity index is 2.11. The van der Waals surface area contributed by atoms with Crippen LogP contribution in [0.1, 0.15) is 30.0 Å². The molecule has 18 heavy (non-hydrogen) atoms. The summed E-state index contributed by atoms with van der Waals surface area (Å²) in [5.74, 6) is -1.00. The number of nitrogens with zero attached hydrogens (tertiary/aromatic N) is 3. The molecular weight excluding hydrogens is 311 g/mol. The minimum Gasteiger partial charge on any atom is -0.239 e. The Labute approximate surface area is 109 Å². The summed E-state index contributed by atoms with van der Waals surface area (Å²) in [7, 11) is 0. The summed E-state index contributed by atoms with van der Waals surface area (Å²) in [5, 5.41) is 3.96. The number of benzene rings is 1. The number of aromatic nitrogens is 3. The normalized spacial score (nSPS) is 22.2. The van der Waals surface area contributed by atoms with Crippen molar-refractivity contribution in [1.82, 2.24) is 14.8 Å². The van der Waals surface area contributed by atoms with Crippen molar-refractivity contribution in [2.75, 3.05) is 0 Å². The van der Waals surface area contributed by atoms with Crippen molar-refractivity contribution in [1.29, 1.82) is 0 Å². The van der Waals surface area contributed by atoms with Crippen LogP contribution >= 0.6 is 15.9 Å². The molecule has 0 N–H and O–H groups in total. The van der Waals surface area contributed by atoms with Gasteiger partial charge in [-0.3, -0.25) is 0 Å².